The van der Waals surface area contributed by atoms with Crippen LogP contribution in [0.1, 0.15) is 38.5 Å². The number of carbonyl (C=O) groups is 1. The Hall–Kier alpha value is -1.21. The van der Waals surface area contributed by atoms with Crippen molar-refractivity contribution in [2.24, 2.45) is 17.8 Å². The predicted octanol–water partition coefficient (Wildman–Crippen LogP) is 2.31. The molecule has 4 nitrogen and oxygen atoms in total. The average Bonchev–Trinajstić information content (AvgIpc) is 2.44. The zero-order valence-electron chi connectivity index (χ0n) is 12.2. The van der Waals surface area contributed by atoms with Gasteiger partial charge in [0.15, 0.2) is 0 Å². The molecular formula is C16H22ClN3O. The molecule has 0 aromatic rings. The van der Waals surface area contributed by atoms with Gasteiger partial charge in [0.2, 0.25) is 0 Å². The Morgan fingerprint density at radius 2 is 1.81 bits per heavy atom. The zero-order valence-corrected chi connectivity index (χ0v) is 13.0. The monoisotopic (exact) mass is 307 g/mol. The van der Waals surface area contributed by atoms with Crippen molar-refractivity contribution in [1.82, 2.24) is 10.6 Å². The van der Waals surface area contributed by atoms with Crippen molar-refractivity contribution in [1.29, 1.82) is 5.26 Å². The minimum atomic E-state index is -0.338. The van der Waals surface area contributed by atoms with Gasteiger partial charge in [0.25, 0.3) is 5.91 Å². The lowest BCUT2D eigenvalue weighted by Gasteiger charge is -2.56. The van der Waals surface area contributed by atoms with E-state index in [1.165, 1.54) is 38.5 Å². The molecule has 21 heavy (non-hydrogen) atoms. The Morgan fingerprint density at radius 1 is 1.24 bits per heavy atom. The van der Waals surface area contributed by atoms with Crippen molar-refractivity contribution in [2.45, 2.75) is 44.1 Å². The number of nitriles is 1. The third-order valence-electron chi connectivity index (χ3n) is 5.31. The molecule has 0 heterocycles. The van der Waals surface area contributed by atoms with Gasteiger partial charge in [0.1, 0.15) is 11.6 Å². The maximum Gasteiger partial charge on any atom is 0.263 e. The van der Waals surface area contributed by atoms with Gasteiger partial charge in [0, 0.05) is 24.2 Å². The third-order valence-corrected chi connectivity index (χ3v) is 5.50. The minimum absolute atomic E-state index is 0.129. The third kappa shape index (κ3) is 3.03. The minimum Gasteiger partial charge on any atom is -0.384 e. The summed E-state index contributed by atoms with van der Waals surface area (Å²) >= 11 is 5.55. The van der Waals surface area contributed by atoms with Crippen molar-refractivity contribution < 1.29 is 4.79 Å². The van der Waals surface area contributed by atoms with Crippen LogP contribution in [-0.2, 0) is 4.79 Å². The Balaban J connectivity index is 1.67. The first-order chi connectivity index (χ1) is 10.1. The number of alkyl halides is 1. The molecule has 0 aromatic carbocycles. The first-order valence-corrected chi connectivity index (χ1v) is 8.40. The van der Waals surface area contributed by atoms with E-state index in [4.69, 9.17) is 16.9 Å². The van der Waals surface area contributed by atoms with E-state index in [0.29, 0.717) is 12.4 Å². The van der Waals surface area contributed by atoms with Crippen LogP contribution in [0.4, 0.5) is 0 Å². The van der Waals surface area contributed by atoms with Gasteiger partial charge in [0.05, 0.1) is 0 Å². The van der Waals surface area contributed by atoms with E-state index in [1.807, 2.05) is 6.07 Å². The van der Waals surface area contributed by atoms with Crippen LogP contribution in [0.15, 0.2) is 11.8 Å². The second-order valence-electron chi connectivity index (χ2n) is 6.96. The van der Waals surface area contributed by atoms with Crippen LogP contribution in [0.2, 0.25) is 0 Å². The molecule has 4 bridgehead atoms. The highest BCUT2D eigenvalue weighted by molar-refractivity contribution is 6.18. The number of halogens is 1. The first kappa shape index (κ1) is 14.7. The van der Waals surface area contributed by atoms with E-state index in [-0.39, 0.29) is 17.0 Å². The summed E-state index contributed by atoms with van der Waals surface area (Å²) in [4.78, 5) is 11.8. The Kier molecular flexibility index (Phi) is 4.12. The molecule has 1 amide bonds. The van der Waals surface area contributed by atoms with Crippen LogP contribution in [-0.4, -0.2) is 23.9 Å². The molecule has 0 atom stereocenters. The highest BCUT2D eigenvalue weighted by Gasteiger charge is 2.50. The number of hydrogen-bond acceptors (Lipinski definition) is 3. The number of rotatable bonds is 5. The predicted molar refractivity (Wildman–Crippen MR) is 81.5 cm³/mol. The number of amides is 1. The summed E-state index contributed by atoms with van der Waals surface area (Å²) in [7, 11) is 0. The normalized spacial score (nSPS) is 37.1. The zero-order chi connectivity index (χ0) is 14.9. The molecule has 0 aromatic heterocycles. The van der Waals surface area contributed by atoms with Crippen LogP contribution in [0, 0.1) is 29.1 Å². The fourth-order valence-corrected chi connectivity index (χ4v) is 5.01. The molecule has 0 aliphatic heterocycles. The molecule has 4 fully saturated rings. The summed E-state index contributed by atoms with van der Waals surface area (Å²) in [5, 5.41) is 15.3. The summed E-state index contributed by atoms with van der Waals surface area (Å²) < 4.78 is 0. The van der Waals surface area contributed by atoms with Gasteiger partial charge >= 0.3 is 0 Å². The Labute approximate surface area is 130 Å². The summed E-state index contributed by atoms with van der Waals surface area (Å²) in [6, 6.07) is 1.99. The van der Waals surface area contributed by atoms with Crippen LogP contribution < -0.4 is 10.6 Å². The van der Waals surface area contributed by atoms with Crippen LogP contribution in [0.5, 0.6) is 0 Å². The lowest BCUT2D eigenvalue weighted by atomic mass is 9.53. The van der Waals surface area contributed by atoms with Crippen LogP contribution in [0.25, 0.3) is 0 Å². The van der Waals surface area contributed by atoms with Crippen molar-refractivity contribution in [3.8, 4) is 6.07 Å². The van der Waals surface area contributed by atoms with Gasteiger partial charge in [-0.2, -0.15) is 5.26 Å². The number of nitrogens with one attached hydrogen (secondary N) is 2. The molecule has 0 saturated heterocycles. The van der Waals surface area contributed by atoms with Crippen molar-refractivity contribution in [3.63, 3.8) is 0 Å². The lowest BCUT2D eigenvalue weighted by molar-refractivity contribution is -0.117. The number of carbonyl (C=O) groups excluding carboxylic acids is 1. The molecule has 4 aliphatic carbocycles. The highest BCUT2D eigenvalue weighted by Crippen LogP contribution is 2.55. The second-order valence-corrected chi connectivity index (χ2v) is 7.33. The maximum absolute atomic E-state index is 11.8. The molecule has 4 aliphatic rings. The fourth-order valence-electron chi connectivity index (χ4n) is 4.92. The Bertz CT molecular complexity index is 459. The molecule has 5 heteroatoms. The largest absolute Gasteiger partial charge is 0.384 e. The quantitative estimate of drug-likeness (QED) is 0.465. The van der Waals surface area contributed by atoms with Gasteiger partial charge < -0.3 is 10.6 Å². The molecule has 2 N–H and O–H groups in total. The van der Waals surface area contributed by atoms with Gasteiger partial charge in [-0.15, -0.1) is 11.6 Å². The van der Waals surface area contributed by atoms with E-state index in [9.17, 15) is 4.79 Å². The summed E-state index contributed by atoms with van der Waals surface area (Å²) in [6.45, 7) is 0.386. The van der Waals surface area contributed by atoms with Gasteiger partial charge in [-0.3, -0.25) is 4.79 Å². The van der Waals surface area contributed by atoms with Crippen molar-refractivity contribution in [3.05, 3.63) is 11.8 Å². The molecule has 4 saturated carbocycles. The fraction of sp³-hybridized carbons (Fsp3) is 0.750. The van der Waals surface area contributed by atoms with E-state index >= 15 is 0 Å². The van der Waals surface area contributed by atoms with E-state index in [2.05, 4.69) is 10.6 Å². The molecule has 114 valence electrons. The molecule has 0 spiro atoms. The molecule has 0 radical (unpaired) electrons. The standard InChI is InChI=1S/C16H22ClN3O/c17-1-2-19-15(21)14(9-18)10-20-16-6-11-3-12(7-16)5-13(4-11)8-16/h10-13,20H,1-8H2,(H,19,21)/b14-10-. The van der Waals surface area contributed by atoms with E-state index in [1.54, 1.807) is 6.20 Å². The Morgan fingerprint density at radius 3 is 2.29 bits per heavy atom. The maximum atomic E-state index is 11.8. The smallest absolute Gasteiger partial charge is 0.263 e. The van der Waals surface area contributed by atoms with E-state index in [0.717, 1.165) is 17.8 Å². The topological polar surface area (TPSA) is 64.9 Å². The second kappa shape index (κ2) is 5.88. The number of nitrogens with zero attached hydrogens (tertiary/aromatic N) is 1. The summed E-state index contributed by atoms with van der Waals surface area (Å²) in [5.74, 6) is 2.54. The van der Waals surface area contributed by atoms with Gasteiger partial charge in [-0.1, -0.05) is 0 Å². The SMILES string of the molecule is N#C/C(=C/NC12CC3CC(CC(C3)C1)C2)C(=O)NCCCl. The first-order valence-electron chi connectivity index (χ1n) is 7.86. The van der Waals surface area contributed by atoms with Gasteiger partial charge in [-0.05, 0) is 56.3 Å². The molecular weight excluding hydrogens is 286 g/mol. The van der Waals surface area contributed by atoms with Crippen LogP contribution >= 0.6 is 11.6 Å². The molecule has 0 unspecified atom stereocenters. The average molecular weight is 308 g/mol. The van der Waals surface area contributed by atoms with E-state index < -0.39 is 0 Å². The van der Waals surface area contributed by atoms with Crippen molar-refractivity contribution >= 4 is 17.5 Å². The van der Waals surface area contributed by atoms with Gasteiger partial charge in [-0.25, -0.2) is 0 Å². The summed E-state index contributed by atoms with van der Waals surface area (Å²) in [6.07, 6.45) is 9.35. The van der Waals surface area contributed by atoms with Crippen molar-refractivity contribution in [2.75, 3.05) is 12.4 Å². The molecule has 4 rings (SSSR count). The summed E-state index contributed by atoms with van der Waals surface area (Å²) in [5.41, 5.74) is 0.278. The number of hydrogen-bond donors (Lipinski definition) is 2. The lowest BCUT2D eigenvalue weighted by Crippen LogP contribution is -2.57. The van der Waals surface area contributed by atoms with Crippen LogP contribution in [0.3, 0.4) is 0 Å². The highest BCUT2D eigenvalue weighted by atomic mass is 35.5.